The number of nitrogens with one attached hydrogen (secondary N) is 1. The lowest BCUT2D eigenvalue weighted by atomic mass is 9.88. The average molecular weight is 217 g/mol. The lowest BCUT2D eigenvalue weighted by molar-refractivity contribution is 0.325. The van der Waals surface area contributed by atoms with Gasteiger partial charge in [-0.1, -0.05) is 56.4 Å². The Labute approximate surface area is 99.0 Å². The van der Waals surface area contributed by atoms with E-state index in [-0.39, 0.29) is 0 Å². The van der Waals surface area contributed by atoms with Crippen LogP contribution in [0.25, 0.3) is 0 Å². The van der Waals surface area contributed by atoms with E-state index >= 15 is 0 Å². The third kappa shape index (κ3) is 1.86. The molecular formula is C15H23N. The monoisotopic (exact) mass is 217 g/mol. The van der Waals surface area contributed by atoms with E-state index in [4.69, 9.17) is 0 Å². The van der Waals surface area contributed by atoms with Crippen molar-refractivity contribution in [3.63, 3.8) is 0 Å². The number of allylic oxidation sites excluding steroid dienone is 2. The SMILES string of the molecule is C1=CC23CCCCCCCC(C=C1)(CC2)N3. The van der Waals surface area contributed by atoms with Crippen molar-refractivity contribution >= 4 is 0 Å². The summed E-state index contributed by atoms with van der Waals surface area (Å²) in [5, 5.41) is 3.98. The summed E-state index contributed by atoms with van der Waals surface area (Å²) in [6, 6.07) is 0. The molecule has 0 spiro atoms. The van der Waals surface area contributed by atoms with Crippen LogP contribution in [0.2, 0.25) is 0 Å². The molecule has 0 radical (unpaired) electrons. The van der Waals surface area contributed by atoms with Crippen molar-refractivity contribution in [2.45, 2.75) is 68.9 Å². The third-order valence-corrected chi connectivity index (χ3v) is 4.70. The number of hydrogen-bond donors (Lipinski definition) is 1. The minimum absolute atomic E-state index is 0.334. The first kappa shape index (κ1) is 10.6. The zero-order valence-electron chi connectivity index (χ0n) is 10.2. The van der Waals surface area contributed by atoms with E-state index in [2.05, 4.69) is 29.6 Å². The molecule has 0 aromatic heterocycles. The van der Waals surface area contributed by atoms with Gasteiger partial charge < -0.3 is 0 Å². The van der Waals surface area contributed by atoms with Crippen LogP contribution in [0.1, 0.15) is 57.8 Å². The van der Waals surface area contributed by atoms with E-state index < -0.39 is 0 Å². The molecule has 2 unspecified atom stereocenters. The van der Waals surface area contributed by atoms with Gasteiger partial charge in [-0.15, -0.1) is 0 Å². The Bertz CT molecular complexity index is 287. The van der Waals surface area contributed by atoms with E-state index in [0.29, 0.717) is 11.1 Å². The van der Waals surface area contributed by atoms with Gasteiger partial charge in [-0.25, -0.2) is 0 Å². The van der Waals surface area contributed by atoms with E-state index in [1.54, 1.807) is 0 Å². The molecule has 16 heavy (non-hydrogen) atoms. The first-order chi connectivity index (χ1) is 7.83. The molecule has 0 aliphatic carbocycles. The van der Waals surface area contributed by atoms with E-state index in [1.165, 1.54) is 57.8 Å². The topological polar surface area (TPSA) is 12.0 Å². The van der Waals surface area contributed by atoms with Crippen LogP contribution in [0.15, 0.2) is 24.3 Å². The largest absolute Gasteiger partial charge is 0.299 e. The molecule has 1 nitrogen and oxygen atoms in total. The second-order valence-electron chi connectivity index (χ2n) is 5.92. The van der Waals surface area contributed by atoms with Crippen LogP contribution in [0.3, 0.4) is 0 Å². The molecule has 0 aromatic rings. The van der Waals surface area contributed by atoms with E-state index in [1.807, 2.05) is 0 Å². The highest BCUT2D eigenvalue weighted by Gasteiger charge is 2.44. The summed E-state index contributed by atoms with van der Waals surface area (Å²) in [7, 11) is 0. The van der Waals surface area contributed by atoms with Crippen LogP contribution in [-0.2, 0) is 0 Å². The van der Waals surface area contributed by atoms with Gasteiger partial charge in [-0.05, 0) is 25.7 Å². The fraction of sp³-hybridized carbons (Fsp3) is 0.733. The van der Waals surface area contributed by atoms with Gasteiger partial charge in [-0.3, -0.25) is 5.32 Å². The van der Waals surface area contributed by atoms with Gasteiger partial charge in [0.1, 0.15) is 0 Å². The minimum atomic E-state index is 0.334. The molecule has 0 saturated carbocycles. The van der Waals surface area contributed by atoms with Gasteiger partial charge in [0.25, 0.3) is 0 Å². The van der Waals surface area contributed by atoms with Crippen LogP contribution in [0.4, 0.5) is 0 Å². The van der Waals surface area contributed by atoms with Crippen molar-refractivity contribution in [1.29, 1.82) is 0 Å². The second-order valence-corrected chi connectivity index (χ2v) is 5.92. The normalized spacial score (nSPS) is 43.0. The van der Waals surface area contributed by atoms with Crippen LogP contribution in [0, 0.1) is 0 Å². The van der Waals surface area contributed by atoms with E-state index in [0.717, 1.165) is 0 Å². The highest BCUT2D eigenvalue weighted by Crippen LogP contribution is 2.41. The summed E-state index contributed by atoms with van der Waals surface area (Å²) >= 11 is 0. The fourth-order valence-corrected chi connectivity index (χ4v) is 3.75. The Morgan fingerprint density at radius 2 is 1.12 bits per heavy atom. The third-order valence-electron chi connectivity index (χ3n) is 4.70. The first-order valence-corrected chi connectivity index (χ1v) is 6.99. The zero-order valence-corrected chi connectivity index (χ0v) is 10.2. The number of hydrogen-bond acceptors (Lipinski definition) is 1. The lowest BCUT2D eigenvalue weighted by Crippen LogP contribution is -2.48. The molecule has 1 N–H and O–H groups in total. The summed E-state index contributed by atoms with van der Waals surface area (Å²) in [4.78, 5) is 0. The van der Waals surface area contributed by atoms with Crippen LogP contribution < -0.4 is 5.32 Å². The summed E-state index contributed by atoms with van der Waals surface area (Å²) < 4.78 is 0. The van der Waals surface area contributed by atoms with Crippen molar-refractivity contribution in [3.8, 4) is 0 Å². The molecule has 3 rings (SSSR count). The first-order valence-electron chi connectivity index (χ1n) is 6.99. The molecule has 0 aromatic carbocycles. The maximum absolute atomic E-state index is 3.98. The molecule has 2 bridgehead atoms. The average Bonchev–Trinajstić information content (AvgIpc) is 2.51. The zero-order chi connectivity index (χ0) is 10.9. The molecular weight excluding hydrogens is 194 g/mol. The molecule has 0 amide bonds. The minimum Gasteiger partial charge on any atom is -0.299 e. The van der Waals surface area contributed by atoms with Gasteiger partial charge in [-0.2, -0.15) is 0 Å². The Morgan fingerprint density at radius 1 is 0.625 bits per heavy atom. The quantitative estimate of drug-likeness (QED) is 0.652. The summed E-state index contributed by atoms with van der Waals surface area (Å²) in [5.74, 6) is 0. The van der Waals surface area contributed by atoms with Crippen molar-refractivity contribution in [2.24, 2.45) is 0 Å². The van der Waals surface area contributed by atoms with Crippen LogP contribution in [-0.4, -0.2) is 11.1 Å². The Kier molecular flexibility index (Phi) is 2.67. The Morgan fingerprint density at radius 3 is 1.69 bits per heavy atom. The summed E-state index contributed by atoms with van der Waals surface area (Å²) in [6.07, 6.45) is 21.9. The Balaban J connectivity index is 1.88. The predicted octanol–water partition coefficient (Wildman–Crippen LogP) is 3.72. The fourth-order valence-electron chi connectivity index (χ4n) is 3.75. The van der Waals surface area contributed by atoms with Crippen molar-refractivity contribution in [3.05, 3.63) is 24.3 Å². The highest BCUT2D eigenvalue weighted by molar-refractivity contribution is 5.28. The van der Waals surface area contributed by atoms with Crippen molar-refractivity contribution < 1.29 is 0 Å². The van der Waals surface area contributed by atoms with Gasteiger partial charge in [0.05, 0.1) is 0 Å². The highest BCUT2D eigenvalue weighted by atomic mass is 15.1. The Hall–Kier alpha value is -0.560. The standard InChI is InChI=1S/C15H23N/c1-2-4-8-14-10-6-7-11-15(16-14,13-12-14)9-5-3-1/h6-7,10-11,16H,1-5,8-9,12-13H2. The molecule has 2 saturated heterocycles. The van der Waals surface area contributed by atoms with Crippen molar-refractivity contribution in [1.82, 2.24) is 5.32 Å². The van der Waals surface area contributed by atoms with Gasteiger partial charge >= 0.3 is 0 Å². The van der Waals surface area contributed by atoms with Gasteiger partial charge in [0.15, 0.2) is 0 Å². The molecule has 3 heterocycles. The smallest absolute Gasteiger partial charge is 0.0375 e. The maximum atomic E-state index is 3.98. The van der Waals surface area contributed by atoms with Gasteiger partial charge in [0, 0.05) is 11.1 Å². The second kappa shape index (κ2) is 4.03. The lowest BCUT2D eigenvalue weighted by Gasteiger charge is -2.33. The van der Waals surface area contributed by atoms with Crippen LogP contribution in [0.5, 0.6) is 0 Å². The van der Waals surface area contributed by atoms with Crippen LogP contribution >= 0.6 is 0 Å². The number of rotatable bonds is 0. The van der Waals surface area contributed by atoms with E-state index in [9.17, 15) is 0 Å². The molecule has 3 aliphatic heterocycles. The van der Waals surface area contributed by atoms with Crippen molar-refractivity contribution in [2.75, 3.05) is 0 Å². The maximum Gasteiger partial charge on any atom is 0.0375 e. The molecule has 2 atom stereocenters. The summed E-state index contributed by atoms with van der Waals surface area (Å²) in [6.45, 7) is 0. The molecule has 3 aliphatic rings. The summed E-state index contributed by atoms with van der Waals surface area (Å²) in [5.41, 5.74) is 0.668. The predicted molar refractivity (Wildman–Crippen MR) is 68.4 cm³/mol. The van der Waals surface area contributed by atoms with Gasteiger partial charge in [0.2, 0.25) is 0 Å². The molecule has 1 heteroatoms. The molecule has 2 fully saturated rings. The molecule has 88 valence electrons.